The Hall–Kier alpha value is -2.76. The fourth-order valence-electron chi connectivity index (χ4n) is 9.39. The fourth-order valence-corrected chi connectivity index (χ4v) is 13.6. The van der Waals surface area contributed by atoms with Crippen molar-refractivity contribution < 1.29 is 84.9 Å². The van der Waals surface area contributed by atoms with E-state index in [9.17, 15) is 48.0 Å². The molecular weight excluding hydrogens is 929 g/mol. The zero-order valence-electron chi connectivity index (χ0n) is 34.9. The molecule has 22 heteroatoms. The number of hydrogen-bond acceptors (Lipinski definition) is 14. The van der Waals surface area contributed by atoms with Crippen LogP contribution in [0.1, 0.15) is 103 Å². The zero-order valence-corrected chi connectivity index (χ0v) is 39.2. The molecule has 9 unspecified atom stereocenters. The van der Waals surface area contributed by atoms with E-state index in [1.807, 2.05) is 33.8 Å². The Kier molecular flexibility index (Phi) is 12.3. The Labute approximate surface area is 360 Å². The lowest BCUT2D eigenvalue weighted by molar-refractivity contribution is -0.211. The van der Waals surface area contributed by atoms with Gasteiger partial charge in [-0.3, -0.25) is 14.5 Å². The highest BCUT2D eigenvalue weighted by atomic mass is 79.9. The number of allylic oxidation sites excluding steroid dienone is 4. The molecule has 4 fully saturated rings. The maximum absolute atomic E-state index is 15.8. The van der Waals surface area contributed by atoms with Crippen LogP contribution in [-0.2, 0) is 47.8 Å². The molecule has 3 heterocycles. The molecule has 61 heavy (non-hydrogen) atoms. The lowest BCUT2D eigenvalue weighted by Crippen LogP contribution is -2.86. The molecule has 6 aliphatic rings. The predicted octanol–water partition coefficient (Wildman–Crippen LogP) is 6.90. The van der Waals surface area contributed by atoms with Crippen LogP contribution >= 0.6 is 39.4 Å². The highest BCUT2D eigenvalue weighted by molar-refractivity contribution is 9.10. The molecule has 3 aliphatic heterocycles. The van der Waals surface area contributed by atoms with Gasteiger partial charge in [-0.15, -0.1) is 0 Å². The summed E-state index contributed by atoms with van der Waals surface area (Å²) in [4.78, 5) is 82.7. The van der Waals surface area contributed by atoms with E-state index in [-0.39, 0.29) is 47.5 Å². The number of Topliss-reactive ketones (excluding diaryl/α,β-unsaturated/α-hetero) is 2. The number of esters is 1. The van der Waals surface area contributed by atoms with Gasteiger partial charge in [-0.25, -0.2) is 18.5 Å². The molecule has 18 nitrogen and oxygen atoms in total. The number of aliphatic hydroxyl groups excluding tert-OH is 1. The number of benzene rings is 1. The monoisotopic (exact) mass is 978 g/mol. The van der Waals surface area contributed by atoms with Crippen LogP contribution in [0, 0.1) is 11.8 Å². The average Bonchev–Trinajstić information content (AvgIpc) is 3.25. The first kappa shape index (κ1) is 47.7. The van der Waals surface area contributed by atoms with E-state index in [0.717, 1.165) is 11.1 Å². The number of hydrogen-bond donors (Lipinski definition) is 5. The molecule has 9 atom stereocenters. The summed E-state index contributed by atoms with van der Waals surface area (Å²) in [5, 5.41) is 12.2. The molecule has 1 saturated heterocycles. The Bertz CT molecular complexity index is 2360. The van der Waals surface area contributed by atoms with E-state index < -0.39 is 97.0 Å². The Morgan fingerprint density at radius 3 is 2.16 bits per heavy atom. The van der Waals surface area contributed by atoms with E-state index in [2.05, 4.69) is 24.6 Å². The van der Waals surface area contributed by atoms with Crippen LogP contribution in [0.25, 0.3) is 6.08 Å². The first-order valence-corrected chi connectivity index (χ1v) is 24.5. The maximum atomic E-state index is 15.8. The van der Waals surface area contributed by atoms with Crippen molar-refractivity contribution in [2.24, 2.45) is 11.8 Å². The summed E-state index contributed by atoms with van der Waals surface area (Å²) in [6.07, 6.45) is 7.15. The molecule has 0 amide bonds. The lowest BCUT2D eigenvalue weighted by atomic mass is 9.45. The van der Waals surface area contributed by atoms with Crippen LogP contribution in [0.3, 0.4) is 0 Å². The van der Waals surface area contributed by atoms with Crippen LogP contribution in [0.15, 0.2) is 41.0 Å². The average molecular weight is 980 g/mol. The van der Waals surface area contributed by atoms with Gasteiger partial charge < -0.3 is 43.3 Å². The van der Waals surface area contributed by atoms with Gasteiger partial charge >= 0.3 is 29.4 Å². The molecule has 0 radical (unpaired) electrons. The van der Waals surface area contributed by atoms with Crippen LogP contribution in [0.4, 0.5) is 0 Å². The quantitative estimate of drug-likeness (QED) is 0.0417. The first-order valence-electron chi connectivity index (χ1n) is 19.2. The van der Waals surface area contributed by atoms with Crippen molar-refractivity contribution in [3.05, 3.63) is 57.7 Å². The van der Waals surface area contributed by atoms with Crippen molar-refractivity contribution >= 4 is 63.0 Å². The lowest BCUT2D eigenvalue weighted by Gasteiger charge is -2.65. The van der Waals surface area contributed by atoms with Crippen LogP contribution in [-0.4, -0.2) is 82.2 Å². The predicted molar refractivity (Wildman–Crippen MR) is 221 cm³/mol. The number of halogens is 1. The van der Waals surface area contributed by atoms with Crippen molar-refractivity contribution in [2.75, 3.05) is 7.11 Å². The molecule has 3 saturated carbocycles. The summed E-state index contributed by atoms with van der Waals surface area (Å²) in [5.74, 6) is -5.47. The number of methoxy groups -OCH3 is 1. The van der Waals surface area contributed by atoms with Crippen molar-refractivity contribution in [3.63, 3.8) is 0 Å². The van der Waals surface area contributed by atoms with Crippen molar-refractivity contribution in [2.45, 2.75) is 120 Å². The van der Waals surface area contributed by atoms with Gasteiger partial charge in [0.2, 0.25) is 0 Å². The van der Waals surface area contributed by atoms with Gasteiger partial charge in [-0.2, -0.15) is 8.62 Å². The summed E-state index contributed by atoms with van der Waals surface area (Å²) in [6, 6.07) is 0. The van der Waals surface area contributed by atoms with Gasteiger partial charge in [-0.1, -0.05) is 45.3 Å². The van der Waals surface area contributed by atoms with E-state index in [1.165, 1.54) is 26.2 Å². The van der Waals surface area contributed by atoms with Gasteiger partial charge in [0.05, 0.1) is 24.4 Å². The van der Waals surface area contributed by atoms with Gasteiger partial charge in [0.15, 0.2) is 32.8 Å². The molecule has 1 spiro atoms. The van der Waals surface area contributed by atoms with E-state index in [1.54, 1.807) is 32.9 Å². The van der Waals surface area contributed by atoms with Gasteiger partial charge in [0.1, 0.15) is 22.7 Å². The second-order valence-electron chi connectivity index (χ2n) is 17.2. The maximum Gasteiger partial charge on any atom is 0.536 e. The number of rotatable bonds is 14. The van der Waals surface area contributed by atoms with Crippen LogP contribution in [0.2, 0.25) is 0 Å². The Balaban J connectivity index is 1.69. The third-order valence-corrected chi connectivity index (χ3v) is 17.1. The van der Waals surface area contributed by atoms with E-state index >= 15 is 4.79 Å². The minimum absolute atomic E-state index is 0.00145. The van der Waals surface area contributed by atoms with Gasteiger partial charge in [0, 0.05) is 29.4 Å². The third kappa shape index (κ3) is 7.95. The van der Waals surface area contributed by atoms with Crippen LogP contribution < -0.4 is 14.0 Å². The molecule has 5 N–H and O–H groups in total. The molecule has 0 aromatic heterocycles. The zero-order chi connectivity index (χ0) is 45.7. The number of alkyl halides is 1. The summed E-state index contributed by atoms with van der Waals surface area (Å²) < 4.78 is 74.7. The highest BCUT2D eigenvalue weighted by Gasteiger charge is 2.90. The third-order valence-electron chi connectivity index (χ3n) is 11.9. The summed E-state index contributed by atoms with van der Waals surface area (Å²) in [6.45, 7) is 14.2. The van der Waals surface area contributed by atoms with E-state index in [4.69, 9.17) is 23.5 Å². The summed E-state index contributed by atoms with van der Waals surface area (Å²) >= 11 is 3.60. The SMILES string of the molecule is COC(=O)/C(C)=C\CC12OC(C)(C)C3CC(C1=O)C(O)C1(Br)C(=O)c4c(OP(=O)(O)OP(=O)(O)OP(=O)(O)O)c5c(c(CC=C(C)C)c4OC321)OC(C)(CCC=C(C)C)C=C5. The molecule has 1 aromatic rings. The molecule has 4 bridgehead atoms. The number of ketones is 2. The van der Waals surface area contributed by atoms with Gasteiger partial charge in [0.25, 0.3) is 0 Å². The Morgan fingerprint density at radius 2 is 1.57 bits per heavy atom. The fraction of sp³-hybridized carbons (Fsp3) is 0.564. The number of carbonyl (C=O) groups excluding carboxylic acids is 3. The number of aliphatic hydroxyl groups is 1. The molecule has 336 valence electrons. The summed E-state index contributed by atoms with van der Waals surface area (Å²) in [7, 11) is -16.7. The highest BCUT2D eigenvalue weighted by Crippen LogP contribution is 2.74. The second kappa shape index (κ2) is 15.7. The number of fused-ring (bicyclic) bond motifs is 2. The van der Waals surface area contributed by atoms with Gasteiger partial charge in [-0.05, 0) is 93.2 Å². The number of phosphoric ester groups is 1. The van der Waals surface area contributed by atoms with Crippen molar-refractivity contribution in [1.29, 1.82) is 0 Å². The van der Waals surface area contributed by atoms with E-state index in [0.29, 0.717) is 12.8 Å². The first-order chi connectivity index (χ1) is 27.9. The standard InChI is InChI=1S/C39H50BrO18P3/c1-20(2)11-10-16-36(8)17-15-24-28(53-36)23(13-12-21(3)4)29-27(30(24)55-60(48,49)58-61(50,51)57-59(45,46)47)33(43)38(40)32(42)25-19-26-35(6,7)56-37(31(25)41,39(26,38)54-29)18-14-22(5)34(44)52-9/h11-12,14-15,17,25-26,32,42H,10,13,16,18-19H2,1-9H3,(H,48,49)(H,50,51)(H2,45,46,47)/b22-14-. The number of ether oxygens (including phenoxy) is 4. The molecule has 3 aliphatic carbocycles. The van der Waals surface area contributed by atoms with Crippen molar-refractivity contribution in [3.8, 4) is 17.2 Å². The topological polar surface area (TPSA) is 268 Å². The second-order valence-corrected chi connectivity index (χ2v) is 22.8. The largest absolute Gasteiger partial charge is 0.536 e. The normalized spacial score (nSPS) is 32.6. The minimum Gasteiger partial charge on any atom is -0.482 e. The smallest absolute Gasteiger partial charge is 0.482 e. The molecule has 7 rings (SSSR count). The Morgan fingerprint density at radius 1 is 0.934 bits per heavy atom. The summed E-state index contributed by atoms with van der Waals surface area (Å²) in [5.41, 5.74) is -4.97. The molecule has 1 aromatic carbocycles. The molecular formula is C39H50BrO18P3. The minimum atomic E-state index is -6.06. The van der Waals surface area contributed by atoms with Crippen LogP contribution in [0.5, 0.6) is 17.2 Å². The number of carbonyl (C=O) groups is 3. The van der Waals surface area contributed by atoms with Crippen molar-refractivity contribution in [1.82, 2.24) is 0 Å². The number of phosphoric acid groups is 3.